The number of nitrogens with two attached hydrogens (primary N) is 1. The fourth-order valence-electron chi connectivity index (χ4n) is 0.578. The van der Waals surface area contributed by atoms with Gasteiger partial charge < -0.3 is 15.4 Å². The second-order valence-electron chi connectivity index (χ2n) is 1.74. The first-order valence-electron chi connectivity index (χ1n) is 2.31. The molecule has 0 unspecified atom stereocenters. The molecule has 1 aromatic rings. The van der Waals surface area contributed by atoms with Crippen LogP contribution in [-0.4, -0.2) is 9.67 Å². The van der Waals surface area contributed by atoms with Crippen molar-refractivity contribution in [3.8, 4) is 5.88 Å². The molecular formula is C5H8N2O. The molecule has 0 bridgehead atoms. The molecule has 0 aliphatic heterocycles. The van der Waals surface area contributed by atoms with Crippen LogP contribution in [0.15, 0.2) is 12.3 Å². The maximum absolute atomic E-state index is 8.82. The summed E-state index contributed by atoms with van der Waals surface area (Å²) in [7, 11) is 1.73. The van der Waals surface area contributed by atoms with Crippen molar-refractivity contribution in [1.82, 2.24) is 4.57 Å². The minimum atomic E-state index is 0.197. The molecule has 0 aromatic carbocycles. The Morgan fingerprint density at radius 2 is 2.38 bits per heavy atom. The third kappa shape index (κ3) is 0.621. The zero-order valence-electron chi connectivity index (χ0n) is 4.63. The highest BCUT2D eigenvalue weighted by molar-refractivity contribution is 5.40. The zero-order valence-corrected chi connectivity index (χ0v) is 4.63. The Hall–Kier alpha value is -1.12. The fraction of sp³-hybridized carbons (Fsp3) is 0.200. The standard InChI is InChI=1S/C5H8N2O/c1-7-3-4(6)2-5(7)8/h2-3,8H,6H2,1H3. The average molecular weight is 112 g/mol. The highest BCUT2D eigenvalue weighted by atomic mass is 16.3. The quantitative estimate of drug-likeness (QED) is 0.507. The SMILES string of the molecule is Cn1cc(N)cc1O. The maximum Gasteiger partial charge on any atom is 0.192 e. The summed E-state index contributed by atoms with van der Waals surface area (Å²) < 4.78 is 1.55. The van der Waals surface area contributed by atoms with Gasteiger partial charge in [0, 0.05) is 19.3 Å². The van der Waals surface area contributed by atoms with Gasteiger partial charge in [-0.1, -0.05) is 0 Å². The van der Waals surface area contributed by atoms with E-state index in [2.05, 4.69) is 0 Å². The van der Waals surface area contributed by atoms with Crippen molar-refractivity contribution < 1.29 is 5.11 Å². The monoisotopic (exact) mass is 112 g/mol. The Kier molecular flexibility index (Phi) is 0.901. The van der Waals surface area contributed by atoms with Gasteiger partial charge >= 0.3 is 0 Å². The van der Waals surface area contributed by atoms with Gasteiger partial charge in [-0.25, -0.2) is 0 Å². The number of nitrogen functional groups attached to an aromatic ring is 1. The van der Waals surface area contributed by atoms with Gasteiger partial charge in [-0.3, -0.25) is 0 Å². The first kappa shape index (κ1) is 5.03. The van der Waals surface area contributed by atoms with Crippen LogP contribution in [0.25, 0.3) is 0 Å². The van der Waals surface area contributed by atoms with E-state index in [1.807, 2.05) is 0 Å². The van der Waals surface area contributed by atoms with Crippen molar-refractivity contribution in [3.05, 3.63) is 12.3 Å². The maximum atomic E-state index is 8.82. The van der Waals surface area contributed by atoms with Crippen LogP contribution in [0.5, 0.6) is 5.88 Å². The summed E-state index contributed by atoms with van der Waals surface area (Å²) in [5, 5.41) is 8.82. The second-order valence-corrected chi connectivity index (χ2v) is 1.74. The average Bonchev–Trinajstić information content (AvgIpc) is 1.85. The van der Waals surface area contributed by atoms with E-state index in [0.717, 1.165) is 0 Å². The van der Waals surface area contributed by atoms with Crippen LogP contribution in [0.4, 0.5) is 5.69 Å². The molecule has 0 atom stereocenters. The molecular weight excluding hydrogens is 104 g/mol. The van der Waals surface area contributed by atoms with E-state index in [1.165, 1.54) is 6.07 Å². The fourth-order valence-corrected chi connectivity index (χ4v) is 0.578. The number of nitrogens with zero attached hydrogens (tertiary/aromatic N) is 1. The zero-order chi connectivity index (χ0) is 6.15. The molecule has 1 aromatic heterocycles. The topological polar surface area (TPSA) is 51.2 Å². The summed E-state index contributed by atoms with van der Waals surface area (Å²) in [6, 6.07) is 1.50. The van der Waals surface area contributed by atoms with Gasteiger partial charge in [-0.15, -0.1) is 0 Å². The first-order chi connectivity index (χ1) is 3.70. The summed E-state index contributed by atoms with van der Waals surface area (Å²) in [4.78, 5) is 0. The third-order valence-corrected chi connectivity index (χ3v) is 1.000. The number of aromatic nitrogens is 1. The van der Waals surface area contributed by atoms with Gasteiger partial charge in [-0.05, 0) is 0 Å². The summed E-state index contributed by atoms with van der Waals surface area (Å²) in [6.07, 6.45) is 1.65. The highest BCUT2D eigenvalue weighted by Gasteiger charge is 1.93. The normalized spacial score (nSPS) is 9.62. The molecule has 0 amide bonds. The Morgan fingerprint density at radius 1 is 1.75 bits per heavy atom. The van der Waals surface area contributed by atoms with Crippen LogP contribution < -0.4 is 5.73 Å². The van der Waals surface area contributed by atoms with Crippen molar-refractivity contribution >= 4 is 5.69 Å². The van der Waals surface area contributed by atoms with Crippen molar-refractivity contribution in [3.63, 3.8) is 0 Å². The van der Waals surface area contributed by atoms with Crippen molar-refractivity contribution in [2.45, 2.75) is 0 Å². The Labute approximate surface area is 47.3 Å². The Morgan fingerprint density at radius 3 is 2.50 bits per heavy atom. The molecule has 0 spiro atoms. The molecule has 3 N–H and O–H groups in total. The number of rotatable bonds is 0. The lowest BCUT2D eigenvalue weighted by Gasteiger charge is -1.88. The van der Waals surface area contributed by atoms with Gasteiger partial charge in [0.2, 0.25) is 0 Å². The first-order valence-corrected chi connectivity index (χ1v) is 2.31. The molecule has 0 aliphatic rings. The smallest absolute Gasteiger partial charge is 0.192 e. The lowest BCUT2D eigenvalue weighted by Crippen LogP contribution is -1.82. The van der Waals surface area contributed by atoms with E-state index in [-0.39, 0.29) is 5.88 Å². The van der Waals surface area contributed by atoms with Crippen LogP contribution in [0.3, 0.4) is 0 Å². The van der Waals surface area contributed by atoms with E-state index in [1.54, 1.807) is 17.8 Å². The van der Waals surface area contributed by atoms with Crippen molar-refractivity contribution in [1.29, 1.82) is 0 Å². The molecule has 44 valence electrons. The van der Waals surface area contributed by atoms with Gasteiger partial charge in [-0.2, -0.15) is 0 Å². The highest BCUT2D eigenvalue weighted by Crippen LogP contribution is 2.13. The second kappa shape index (κ2) is 1.43. The summed E-state index contributed by atoms with van der Waals surface area (Å²) in [5.74, 6) is 0.197. The van der Waals surface area contributed by atoms with E-state index in [4.69, 9.17) is 10.8 Å². The molecule has 3 nitrogen and oxygen atoms in total. The Balaban J connectivity index is 3.14. The van der Waals surface area contributed by atoms with Crippen LogP contribution in [0, 0.1) is 0 Å². The van der Waals surface area contributed by atoms with Crippen LogP contribution in [0.1, 0.15) is 0 Å². The van der Waals surface area contributed by atoms with Crippen LogP contribution >= 0.6 is 0 Å². The van der Waals surface area contributed by atoms with E-state index >= 15 is 0 Å². The van der Waals surface area contributed by atoms with Gasteiger partial charge in [0.25, 0.3) is 0 Å². The van der Waals surface area contributed by atoms with Gasteiger partial charge in [0.05, 0.1) is 5.69 Å². The molecule has 0 aliphatic carbocycles. The van der Waals surface area contributed by atoms with E-state index in [0.29, 0.717) is 5.69 Å². The molecule has 0 radical (unpaired) electrons. The largest absolute Gasteiger partial charge is 0.494 e. The predicted octanol–water partition coefficient (Wildman–Crippen LogP) is 0.313. The lowest BCUT2D eigenvalue weighted by molar-refractivity contribution is 0.432. The number of aryl methyl sites for hydroxylation is 1. The van der Waals surface area contributed by atoms with Crippen LogP contribution in [0.2, 0.25) is 0 Å². The lowest BCUT2D eigenvalue weighted by atomic mass is 10.6. The Bertz CT molecular complexity index is 173. The van der Waals surface area contributed by atoms with E-state index < -0.39 is 0 Å². The van der Waals surface area contributed by atoms with E-state index in [9.17, 15) is 0 Å². The molecule has 0 saturated carbocycles. The molecule has 0 fully saturated rings. The third-order valence-electron chi connectivity index (χ3n) is 1.000. The number of anilines is 1. The molecule has 8 heavy (non-hydrogen) atoms. The summed E-state index contributed by atoms with van der Waals surface area (Å²) in [6.45, 7) is 0. The van der Waals surface area contributed by atoms with Crippen LogP contribution in [-0.2, 0) is 7.05 Å². The minimum Gasteiger partial charge on any atom is -0.494 e. The number of hydrogen-bond acceptors (Lipinski definition) is 2. The number of hydrogen-bond donors (Lipinski definition) is 2. The van der Waals surface area contributed by atoms with Gasteiger partial charge in [0.1, 0.15) is 0 Å². The molecule has 1 heterocycles. The predicted molar refractivity (Wildman–Crippen MR) is 31.5 cm³/mol. The summed E-state index contributed by atoms with van der Waals surface area (Å²) >= 11 is 0. The number of aromatic hydroxyl groups is 1. The van der Waals surface area contributed by atoms with Gasteiger partial charge in [0.15, 0.2) is 5.88 Å². The molecule has 3 heteroatoms. The molecule has 1 rings (SSSR count). The molecule has 0 saturated heterocycles. The summed E-state index contributed by atoms with van der Waals surface area (Å²) in [5.41, 5.74) is 5.89. The minimum absolute atomic E-state index is 0.197. The van der Waals surface area contributed by atoms with Crippen molar-refractivity contribution in [2.75, 3.05) is 5.73 Å². The van der Waals surface area contributed by atoms with Crippen molar-refractivity contribution in [2.24, 2.45) is 7.05 Å².